The van der Waals surface area contributed by atoms with Gasteiger partial charge in [-0.25, -0.2) is 0 Å². The molecule has 0 aliphatic carbocycles. The van der Waals surface area contributed by atoms with Crippen LogP contribution >= 0.6 is 0 Å². The van der Waals surface area contributed by atoms with E-state index in [4.69, 9.17) is 14.6 Å². The minimum Gasteiger partial charge on any atom is -0.490 e. The summed E-state index contributed by atoms with van der Waals surface area (Å²) in [6, 6.07) is 5.19. The fourth-order valence-corrected chi connectivity index (χ4v) is 2.05. The number of benzene rings is 1. The standard InChI is InChI=1S/C16H25NO4/c1-5-20-14-8-7-13(11-15(14)21-6-2)16(19)17(9-10-18)12(3)4/h7-8,11-12,18H,5-6,9-10H2,1-4H3. The summed E-state index contributed by atoms with van der Waals surface area (Å²) in [4.78, 5) is 14.2. The summed E-state index contributed by atoms with van der Waals surface area (Å²) in [6.07, 6.45) is 0. The van der Waals surface area contributed by atoms with E-state index in [0.29, 0.717) is 36.8 Å². The van der Waals surface area contributed by atoms with Gasteiger partial charge in [-0.2, -0.15) is 0 Å². The van der Waals surface area contributed by atoms with Crippen LogP contribution in [0, 0.1) is 0 Å². The highest BCUT2D eigenvalue weighted by Gasteiger charge is 2.19. The van der Waals surface area contributed by atoms with Gasteiger partial charge in [0.15, 0.2) is 11.5 Å². The van der Waals surface area contributed by atoms with Crippen LogP contribution in [0.4, 0.5) is 0 Å². The molecule has 21 heavy (non-hydrogen) atoms. The summed E-state index contributed by atoms with van der Waals surface area (Å²) >= 11 is 0. The fraction of sp³-hybridized carbons (Fsp3) is 0.562. The van der Waals surface area contributed by atoms with Crippen LogP contribution in [0.15, 0.2) is 18.2 Å². The van der Waals surface area contributed by atoms with Crippen LogP contribution in [-0.4, -0.2) is 48.3 Å². The number of hydrogen-bond acceptors (Lipinski definition) is 4. The molecule has 0 radical (unpaired) electrons. The number of aliphatic hydroxyl groups is 1. The van der Waals surface area contributed by atoms with Crippen molar-refractivity contribution < 1.29 is 19.4 Å². The highest BCUT2D eigenvalue weighted by atomic mass is 16.5. The molecule has 0 aliphatic heterocycles. The van der Waals surface area contributed by atoms with E-state index in [1.165, 1.54) is 0 Å². The Morgan fingerprint density at radius 3 is 2.33 bits per heavy atom. The maximum absolute atomic E-state index is 12.5. The van der Waals surface area contributed by atoms with E-state index in [2.05, 4.69) is 0 Å². The Hall–Kier alpha value is -1.75. The summed E-state index contributed by atoms with van der Waals surface area (Å²) in [5.74, 6) is 1.08. The predicted molar refractivity (Wildman–Crippen MR) is 82.0 cm³/mol. The maximum atomic E-state index is 12.5. The van der Waals surface area contributed by atoms with Gasteiger partial charge in [0.2, 0.25) is 0 Å². The molecule has 5 nitrogen and oxygen atoms in total. The number of carbonyl (C=O) groups is 1. The van der Waals surface area contributed by atoms with Crippen LogP contribution in [-0.2, 0) is 0 Å². The molecule has 0 saturated carbocycles. The number of ether oxygens (including phenoxy) is 2. The SMILES string of the molecule is CCOc1ccc(C(=O)N(CCO)C(C)C)cc1OCC. The molecule has 118 valence electrons. The van der Waals surface area contributed by atoms with Gasteiger partial charge < -0.3 is 19.5 Å². The maximum Gasteiger partial charge on any atom is 0.254 e. The van der Waals surface area contributed by atoms with Gasteiger partial charge in [0.1, 0.15) is 0 Å². The van der Waals surface area contributed by atoms with Crippen LogP contribution < -0.4 is 9.47 Å². The first kappa shape index (κ1) is 17.3. The predicted octanol–water partition coefficient (Wildman–Crippen LogP) is 2.33. The molecular formula is C16H25NO4. The summed E-state index contributed by atoms with van der Waals surface area (Å²) in [5.41, 5.74) is 0.532. The zero-order valence-electron chi connectivity index (χ0n) is 13.3. The molecule has 0 aromatic heterocycles. The van der Waals surface area contributed by atoms with Gasteiger partial charge in [-0.3, -0.25) is 4.79 Å². The monoisotopic (exact) mass is 295 g/mol. The lowest BCUT2D eigenvalue weighted by molar-refractivity contribution is 0.0665. The van der Waals surface area contributed by atoms with Crippen LogP contribution in [0.2, 0.25) is 0 Å². The second-order valence-corrected chi connectivity index (χ2v) is 4.84. The molecule has 0 heterocycles. The third-order valence-electron chi connectivity index (χ3n) is 3.02. The molecular weight excluding hydrogens is 270 g/mol. The molecule has 5 heteroatoms. The minimum absolute atomic E-state index is 0.0201. The van der Waals surface area contributed by atoms with E-state index in [1.807, 2.05) is 27.7 Å². The Labute approximate surface area is 126 Å². The number of rotatable bonds is 8. The van der Waals surface area contributed by atoms with Crippen LogP contribution in [0.3, 0.4) is 0 Å². The number of hydrogen-bond donors (Lipinski definition) is 1. The van der Waals surface area contributed by atoms with Crippen LogP contribution in [0.1, 0.15) is 38.1 Å². The van der Waals surface area contributed by atoms with Crippen molar-refractivity contribution in [2.75, 3.05) is 26.4 Å². The molecule has 1 N–H and O–H groups in total. The zero-order chi connectivity index (χ0) is 15.8. The lowest BCUT2D eigenvalue weighted by Gasteiger charge is -2.26. The van der Waals surface area contributed by atoms with Gasteiger partial charge in [-0.05, 0) is 45.9 Å². The molecule has 1 aromatic carbocycles. The Balaban J connectivity index is 3.06. The average Bonchev–Trinajstić information content (AvgIpc) is 2.46. The number of amides is 1. The molecule has 0 unspecified atom stereocenters. The van der Waals surface area contributed by atoms with Gasteiger partial charge in [-0.1, -0.05) is 0 Å². The number of aliphatic hydroxyl groups excluding tert-OH is 1. The van der Waals surface area contributed by atoms with Crippen LogP contribution in [0.25, 0.3) is 0 Å². The van der Waals surface area contributed by atoms with Gasteiger partial charge >= 0.3 is 0 Å². The Bertz CT molecular complexity index is 460. The van der Waals surface area contributed by atoms with Crippen molar-refractivity contribution in [1.82, 2.24) is 4.90 Å². The summed E-state index contributed by atoms with van der Waals surface area (Å²) in [6.45, 7) is 8.93. The van der Waals surface area contributed by atoms with Crippen molar-refractivity contribution in [3.05, 3.63) is 23.8 Å². The highest BCUT2D eigenvalue weighted by Crippen LogP contribution is 2.29. The third-order valence-corrected chi connectivity index (χ3v) is 3.02. The fourth-order valence-electron chi connectivity index (χ4n) is 2.05. The van der Waals surface area contributed by atoms with E-state index in [-0.39, 0.29) is 18.6 Å². The topological polar surface area (TPSA) is 59.0 Å². The van der Waals surface area contributed by atoms with Gasteiger partial charge in [0, 0.05) is 18.2 Å². The van der Waals surface area contributed by atoms with Crippen molar-refractivity contribution in [2.24, 2.45) is 0 Å². The lowest BCUT2D eigenvalue weighted by atomic mass is 10.1. The zero-order valence-corrected chi connectivity index (χ0v) is 13.3. The number of nitrogens with zero attached hydrogens (tertiary/aromatic N) is 1. The summed E-state index contributed by atoms with van der Waals surface area (Å²) in [7, 11) is 0. The van der Waals surface area contributed by atoms with E-state index in [0.717, 1.165) is 0 Å². The van der Waals surface area contributed by atoms with Gasteiger partial charge in [-0.15, -0.1) is 0 Å². The van der Waals surface area contributed by atoms with Crippen molar-refractivity contribution in [2.45, 2.75) is 33.7 Å². The normalized spacial score (nSPS) is 10.6. The quantitative estimate of drug-likeness (QED) is 0.799. The summed E-state index contributed by atoms with van der Waals surface area (Å²) in [5, 5.41) is 9.10. The second-order valence-electron chi connectivity index (χ2n) is 4.84. The largest absolute Gasteiger partial charge is 0.490 e. The van der Waals surface area contributed by atoms with E-state index in [1.54, 1.807) is 23.1 Å². The van der Waals surface area contributed by atoms with Gasteiger partial charge in [0.05, 0.1) is 19.8 Å². The first-order valence-corrected chi connectivity index (χ1v) is 7.36. The molecule has 0 aliphatic rings. The summed E-state index contributed by atoms with van der Waals surface area (Å²) < 4.78 is 11.0. The molecule has 0 spiro atoms. The highest BCUT2D eigenvalue weighted by molar-refractivity contribution is 5.95. The average molecular weight is 295 g/mol. The number of carbonyl (C=O) groups excluding carboxylic acids is 1. The molecule has 0 bridgehead atoms. The van der Waals surface area contributed by atoms with E-state index >= 15 is 0 Å². The van der Waals surface area contributed by atoms with Crippen molar-refractivity contribution >= 4 is 5.91 Å². The van der Waals surface area contributed by atoms with E-state index < -0.39 is 0 Å². The molecule has 1 amide bonds. The Morgan fingerprint density at radius 2 is 1.81 bits per heavy atom. The van der Waals surface area contributed by atoms with Gasteiger partial charge in [0.25, 0.3) is 5.91 Å². The molecule has 0 saturated heterocycles. The molecule has 1 rings (SSSR count). The molecule has 1 aromatic rings. The minimum atomic E-state index is -0.122. The first-order chi connectivity index (χ1) is 10.0. The second kappa shape index (κ2) is 8.52. The lowest BCUT2D eigenvalue weighted by Crippen LogP contribution is -2.39. The Morgan fingerprint density at radius 1 is 1.19 bits per heavy atom. The van der Waals surface area contributed by atoms with Crippen molar-refractivity contribution in [3.8, 4) is 11.5 Å². The molecule has 0 fully saturated rings. The first-order valence-electron chi connectivity index (χ1n) is 7.36. The molecule has 0 atom stereocenters. The van der Waals surface area contributed by atoms with Crippen molar-refractivity contribution in [3.63, 3.8) is 0 Å². The Kier molecular flexibility index (Phi) is 7.02. The smallest absolute Gasteiger partial charge is 0.254 e. The van der Waals surface area contributed by atoms with Crippen LogP contribution in [0.5, 0.6) is 11.5 Å². The third kappa shape index (κ3) is 4.63. The van der Waals surface area contributed by atoms with E-state index in [9.17, 15) is 4.79 Å². The van der Waals surface area contributed by atoms with Crippen molar-refractivity contribution in [1.29, 1.82) is 0 Å².